The Morgan fingerprint density at radius 3 is 2.67 bits per heavy atom. The maximum atomic E-state index is 12.8. The molecule has 1 aromatic carbocycles. The van der Waals surface area contributed by atoms with E-state index in [2.05, 4.69) is 20.7 Å². The number of amides is 2. The zero-order valence-electron chi connectivity index (χ0n) is 19.2. The molecule has 0 radical (unpaired) electrons. The minimum Gasteiger partial charge on any atom is -0.344 e. The van der Waals surface area contributed by atoms with Crippen molar-refractivity contribution in [2.45, 2.75) is 23.8 Å². The first-order chi connectivity index (χ1) is 17.2. The number of nitrogens with zero attached hydrogens (tertiary/aromatic N) is 4. The number of rotatable bonds is 12. The SMILES string of the molecule is NNC=NCCCC(NC(=O)CN1CCN(S(=O)(=O)c2ccc(Cl)cc2)CC1=O)C(=O)c1nccs1. The number of piperazine rings is 1. The molecule has 15 heteroatoms. The van der Waals surface area contributed by atoms with Crippen LogP contribution in [0.4, 0.5) is 0 Å². The molecule has 1 unspecified atom stereocenters. The maximum absolute atomic E-state index is 12.8. The van der Waals surface area contributed by atoms with E-state index in [9.17, 15) is 22.8 Å². The molecule has 194 valence electrons. The molecule has 0 bridgehead atoms. The zero-order valence-corrected chi connectivity index (χ0v) is 21.6. The summed E-state index contributed by atoms with van der Waals surface area (Å²) in [5.74, 6) is 3.75. The van der Waals surface area contributed by atoms with Gasteiger partial charge < -0.3 is 15.6 Å². The van der Waals surface area contributed by atoms with Crippen LogP contribution in [0.2, 0.25) is 5.02 Å². The minimum absolute atomic E-state index is 0.0264. The monoisotopic (exact) mass is 555 g/mol. The van der Waals surface area contributed by atoms with Gasteiger partial charge in [0.25, 0.3) is 0 Å². The van der Waals surface area contributed by atoms with Gasteiger partial charge in [0.15, 0.2) is 5.01 Å². The highest BCUT2D eigenvalue weighted by Gasteiger charge is 2.34. The van der Waals surface area contributed by atoms with Crippen LogP contribution in [0.1, 0.15) is 22.6 Å². The number of halogens is 1. The van der Waals surface area contributed by atoms with Gasteiger partial charge in [-0.05, 0) is 37.1 Å². The molecular formula is C21H26ClN7O5S2. The number of hydrogen-bond donors (Lipinski definition) is 3. The fourth-order valence-electron chi connectivity index (χ4n) is 3.50. The summed E-state index contributed by atoms with van der Waals surface area (Å²) in [5, 5.41) is 5.01. The van der Waals surface area contributed by atoms with Gasteiger partial charge in [0.1, 0.15) is 0 Å². The molecule has 1 saturated heterocycles. The molecule has 1 atom stereocenters. The third kappa shape index (κ3) is 7.30. The summed E-state index contributed by atoms with van der Waals surface area (Å²) in [6.45, 7) is -0.245. The van der Waals surface area contributed by atoms with Crippen LogP contribution in [-0.4, -0.2) is 85.3 Å². The number of aromatic nitrogens is 1. The molecule has 0 saturated carbocycles. The fourth-order valence-corrected chi connectivity index (χ4v) is 5.63. The summed E-state index contributed by atoms with van der Waals surface area (Å²) in [7, 11) is -3.88. The van der Waals surface area contributed by atoms with Gasteiger partial charge in [0, 0.05) is 36.2 Å². The number of Topliss-reactive ketones (excluding diaryl/α,β-unsaturated/α-hetero) is 1. The Kier molecular flexibility index (Phi) is 9.89. The molecule has 3 rings (SSSR count). The van der Waals surface area contributed by atoms with Gasteiger partial charge in [-0.1, -0.05) is 11.6 Å². The Bertz CT molecular complexity index is 1190. The molecule has 0 aliphatic carbocycles. The number of carbonyl (C=O) groups excluding carboxylic acids is 3. The van der Waals surface area contributed by atoms with Crippen LogP contribution in [-0.2, 0) is 19.6 Å². The number of benzene rings is 1. The van der Waals surface area contributed by atoms with E-state index in [0.717, 1.165) is 4.31 Å². The first-order valence-electron chi connectivity index (χ1n) is 10.9. The van der Waals surface area contributed by atoms with Gasteiger partial charge in [-0.15, -0.1) is 11.3 Å². The second-order valence-corrected chi connectivity index (χ2v) is 11.0. The van der Waals surface area contributed by atoms with Gasteiger partial charge in [-0.3, -0.25) is 19.4 Å². The molecule has 1 aromatic heterocycles. The third-order valence-corrected chi connectivity index (χ3v) is 8.21. The van der Waals surface area contributed by atoms with E-state index in [1.807, 2.05) is 0 Å². The normalized spacial score (nSPS) is 15.7. The predicted octanol–water partition coefficient (Wildman–Crippen LogP) is 0.269. The third-order valence-electron chi connectivity index (χ3n) is 5.31. The van der Waals surface area contributed by atoms with Crippen LogP contribution < -0.4 is 16.6 Å². The van der Waals surface area contributed by atoms with Crippen molar-refractivity contribution in [1.82, 2.24) is 24.9 Å². The Labute approximate surface area is 217 Å². The van der Waals surface area contributed by atoms with Crippen molar-refractivity contribution in [1.29, 1.82) is 0 Å². The average molecular weight is 556 g/mol. The highest BCUT2D eigenvalue weighted by molar-refractivity contribution is 7.89. The highest BCUT2D eigenvalue weighted by atomic mass is 35.5. The van der Waals surface area contributed by atoms with Crippen LogP contribution in [0.25, 0.3) is 0 Å². The summed E-state index contributed by atoms with van der Waals surface area (Å²) < 4.78 is 26.8. The van der Waals surface area contributed by atoms with Gasteiger partial charge in [0.05, 0.1) is 30.4 Å². The van der Waals surface area contributed by atoms with Gasteiger partial charge in [-0.2, -0.15) is 4.31 Å². The summed E-state index contributed by atoms with van der Waals surface area (Å²) in [6, 6.07) is 4.83. The lowest BCUT2D eigenvalue weighted by Gasteiger charge is -2.33. The first-order valence-corrected chi connectivity index (χ1v) is 13.6. The van der Waals surface area contributed by atoms with E-state index < -0.39 is 34.4 Å². The molecular weight excluding hydrogens is 530 g/mol. The van der Waals surface area contributed by atoms with Gasteiger partial charge >= 0.3 is 0 Å². The number of hydrogen-bond acceptors (Lipinski definition) is 9. The van der Waals surface area contributed by atoms with Crippen LogP contribution in [0.15, 0.2) is 45.7 Å². The molecule has 12 nitrogen and oxygen atoms in total. The molecule has 36 heavy (non-hydrogen) atoms. The Morgan fingerprint density at radius 1 is 1.28 bits per heavy atom. The van der Waals surface area contributed by atoms with Crippen LogP contribution in [0, 0.1) is 0 Å². The number of nitrogens with two attached hydrogens (primary N) is 1. The van der Waals surface area contributed by atoms with Crippen molar-refractivity contribution in [3.8, 4) is 0 Å². The van der Waals surface area contributed by atoms with Gasteiger partial charge in [-0.25, -0.2) is 19.2 Å². The van der Waals surface area contributed by atoms with E-state index in [1.165, 1.54) is 53.0 Å². The molecule has 1 fully saturated rings. The summed E-state index contributed by atoms with van der Waals surface area (Å²) in [6.07, 6.45) is 3.65. The Hall–Kier alpha value is -2.91. The largest absolute Gasteiger partial charge is 0.344 e. The molecule has 0 spiro atoms. The molecule has 1 aliphatic rings. The van der Waals surface area contributed by atoms with Crippen LogP contribution >= 0.6 is 22.9 Å². The number of carbonyl (C=O) groups is 3. The van der Waals surface area contributed by atoms with Crippen molar-refractivity contribution in [2.75, 3.05) is 32.7 Å². The van der Waals surface area contributed by atoms with Crippen molar-refractivity contribution in [3.05, 3.63) is 45.9 Å². The smallest absolute Gasteiger partial charge is 0.243 e. The summed E-state index contributed by atoms with van der Waals surface area (Å²) in [4.78, 5) is 47.5. The number of hydrazine groups is 1. The summed E-state index contributed by atoms with van der Waals surface area (Å²) in [5.41, 5.74) is 2.29. The van der Waals surface area contributed by atoms with Gasteiger partial charge in [0.2, 0.25) is 27.6 Å². The second-order valence-electron chi connectivity index (χ2n) is 7.77. The van der Waals surface area contributed by atoms with E-state index in [1.54, 1.807) is 5.38 Å². The number of sulfonamides is 1. The molecule has 2 amide bonds. The van der Waals surface area contributed by atoms with Crippen molar-refractivity contribution >= 4 is 56.9 Å². The van der Waals surface area contributed by atoms with Crippen LogP contribution in [0.3, 0.4) is 0 Å². The first kappa shape index (κ1) is 27.7. The molecule has 4 N–H and O–H groups in total. The summed E-state index contributed by atoms with van der Waals surface area (Å²) >= 11 is 7.00. The van der Waals surface area contributed by atoms with E-state index in [-0.39, 0.29) is 35.3 Å². The van der Waals surface area contributed by atoms with Crippen molar-refractivity contribution in [2.24, 2.45) is 10.8 Å². The Morgan fingerprint density at radius 2 is 2.03 bits per heavy atom. The zero-order chi connectivity index (χ0) is 26.1. The minimum atomic E-state index is -3.88. The standard InChI is InChI=1S/C21H26ClN7O5S2/c22-15-3-5-16(6-4-15)36(33,34)29-10-9-28(19(31)13-29)12-18(30)27-17(2-1-7-24-14-26-23)20(32)21-25-8-11-35-21/h3-6,8,11,14,17H,1-2,7,9-10,12-13,23H2,(H,24,26)(H,27,30). The fraction of sp³-hybridized carbons (Fsp3) is 0.381. The Balaban J connectivity index is 1.59. The number of thiazole rings is 1. The number of aliphatic imine (C=N–C) groups is 1. The molecule has 2 heterocycles. The molecule has 1 aliphatic heterocycles. The average Bonchev–Trinajstić information content (AvgIpc) is 3.39. The lowest BCUT2D eigenvalue weighted by Crippen LogP contribution is -2.55. The lowest BCUT2D eigenvalue weighted by atomic mass is 10.1. The molecule has 2 aromatic rings. The predicted molar refractivity (Wildman–Crippen MR) is 135 cm³/mol. The van der Waals surface area contributed by atoms with Crippen molar-refractivity contribution < 1.29 is 22.8 Å². The van der Waals surface area contributed by atoms with E-state index >= 15 is 0 Å². The van der Waals surface area contributed by atoms with Crippen molar-refractivity contribution in [3.63, 3.8) is 0 Å². The number of ketones is 1. The highest BCUT2D eigenvalue weighted by Crippen LogP contribution is 2.20. The lowest BCUT2D eigenvalue weighted by molar-refractivity contribution is -0.138. The number of nitrogens with one attached hydrogen (secondary N) is 2. The van der Waals surface area contributed by atoms with E-state index in [0.29, 0.717) is 24.4 Å². The quantitative estimate of drug-likeness (QED) is 0.0837. The maximum Gasteiger partial charge on any atom is 0.243 e. The second kappa shape index (κ2) is 12.9. The topological polar surface area (TPSA) is 167 Å². The van der Waals surface area contributed by atoms with E-state index in [4.69, 9.17) is 17.4 Å². The van der Waals surface area contributed by atoms with Crippen LogP contribution in [0.5, 0.6) is 0 Å².